The van der Waals surface area contributed by atoms with E-state index in [0.717, 1.165) is 18.4 Å². The second kappa shape index (κ2) is 8.08. The second-order valence-electron chi connectivity index (χ2n) is 6.49. The summed E-state index contributed by atoms with van der Waals surface area (Å²) in [5, 5.41) is 5.45. The van der Waals surface area contributed by atoms with Crippen molar-refractivity contribution in [3.63, 3.8) is 0 Å². The number of nitrogens with one attached hydrogen (secondary N) is 2. The summed E-state index contributed by atoms with van der Waals surface area (Å²) in [7, 11) is 0. The molecule has 2 aromatic carbocycles. The molecule has 26 heavy (non-hydrogen) atoms. The highest BCUT2D eigenvalue weighted by molar-refractivity contribution is 5.88. The predicted octanol–water partition coefficient (Wildman–Crippen LogP) is 2.69. The molecule has 1 aliphatic carbocycles. The first-order valence-electron chi connectivity index (χ1n) is 8.58. The van der Waals surface area contributed by atoms with Gasteiger partial charge in [0, 0.05) is 6.04 Å². The Hall–Kier alpha value is -2.76. The zero-order chi connectivity index (χ0) is 18.5. The van der Waals surface area contributed by atoms with Crippen LogP contribution in [0.1, 0.15) is 29.9 Å². The Kier molecular flexibility index (Phi) is 5.61. The van der Waals surface area contributed by atoms with Crippen LogP contribution in [0.4, 0.5) is 8.78 Å². The van der Waals surface area contributed by atoms with Gasteiger partial charge in [0.15, 0.2) is 0 Å². The molecule has 6 heteroatoms. The Morgan fingerprint density at radius 2 is 1.54 bits per heavy atom. The summed E-state index contributed by atoms with van der Waals surface area (Å²) in [6.07, 6.45) is 2.27. The van der Waals surface area contributed by atoms with Crippen molar-refractivity contribution in [2.75, 3.05) is 6.54 Å². The van der Waals surface area contributed by atoms with Gasteiger partial charge in [-0.05, 0) is 54.7 Å². The molecule has 0 aliphatic heterocycles. The first kappa shape index (κ1) is 18.0. The third-order valence-corrected chi connectivity index (χ3v) is 4.31. The molecule has 1 atom stereocenters. The number of halogens is 2. The van der Waals surface area contributed by atoms with Crippen molar-refractivity contribution in [1.82, 2.24) is 10.6 Å². The van der Waals surface area contributed by atoms with E-state index < -0.39 is 11.7 Å². The normalized spacial score (nSPS) is 14.5. The molecule has 2 amide bonds. The highest BCUT2D eigenvalue weighted by Gasteiger charge is 2.25. The molecule has 1 aliphatic rings. The van der Waals surface area contributed by atoms with Crippen molar-refractivity contribution >= 4 is 11.8 Å². The van der Waals surface area contributed by atoms with Crippen molar-refractivity contribution in [1.29, 1.82) is 0 Å². The zero-order valence-electron chi connectivity index (χ0n) is 14.2. The highest BCUT2D eigenvalue weighted by Crippen LogP contribution is 2.22. The molecule has 1 unspecified atom stereocenters. The third-order valence-electron chi connectivity index (χ3n) is 4.31. The Bertz CT molecular complexity index is 771. The van der Waals surface area contributed by atoms with E-state index in [4.69, 9.17) is 0 Å². The molecule has 136 valence electrons. The Morgan fingerprint density at radius 3 is 2.12 bits per heavy atom. The number of benzene rings is 2. The molecule has 0 radical (unpaired) electrons. The van der Waals surface area contributed by atoms with Gasteiger partial charge in [0.05, 0.1) is 12.5 Å². The lowest BCUT2D eigenvalue weighted by Crippen LogP contribution is -2.40. The standard InChI is InChI=1S/C20H20F2N2O2/c21-15-5-1-13(2-6-15)11-18(14-3-7-16(22)8-4-14)20(26)23-12-19(25)24-17-9-10-17/h1-8,17-18H,9-12H2,(H,23,26)(H,24,25). The van der Waals surface area contributed by atoms with E-state index in [-0.39, 0.29) is 30.2 Å². The van der Waals surface area contributed by atoms with Gasteiger partial charge in [0.1, 0.15) is 11.6 Å². The van der Waals surface area contributed by atoms with Crippen LogP contribution in [0.3, 0.4) is 0 Å². The fourth-order valence-electron chi connectivity index (χ4n) is 2.71. The first-order valence-corrected chi connectivity index (χ1v) is 8.58. The van der Waals surface area contributed by atoms with Gasteiger partial charge in [-0.1, -0.05) is 24.3 Å². The molecule has 1 fully saturated rings. The quantitative estimate of drug-likeness (QED) is 0.800. The SMILES string of the molecule is O=C(CNC(=O)C(Cc1ccc(F)cc1)c1ccc(F)cc1)NC1CC1. The molecule has 0 heterocycles. The number of hydrogen-bond acceptors (Lipinski definition) is 2. The molecular formula is C20H20F2N2O2. The van der Waals surface area contributed by atoms with Crippen molar-refractivity contribution < 1.29 is 18.4 Å². The zero-order valence-corrected chi connectivity index (χ0v) is 14.2. The van der Waals surface area contributed by atoms with Crippen LogP contribution in [0.25, 0.3) is 0 Å². The van der Waals surface area contributed by atoms with Gasteiger partial charge < -0.3 is 10.6 Å². The molecule has 0 saturated heterocycles. The average molecular weight is 358 g/mol. The Morgan fingerprint density at radius 1 is 0.962 bits per heavy atom. The van der Waals surface area contributed by atoms with Gasteiger partial charge in [-0.2, -0.15) is 0 Å². The summed E-state index contributed by atoms with van der Waals surface area (Å²) in [5.74, 6) is -1.89. The lowest BCUT2D eigenvalue weighted by Gasteiger charge is -2.17. The van der Waals surface area contributed by atoms with Gasteiger partial charge in [0.25, 0.3) is 0 Å². The van der Waals surface area contributed by atoms with Gasteiger partial charge in [0.2, 0.25) is 11.8 Å². The topological polar surface area (TPSA) is 58.2 Å². The van der Waals surface area contributed by atoms with Crippen LogP contribution in [-0.4, -0.2) is 24.4 Å². The van der Waals surface area contributed by atoms with Crippen LogP contribution in [0.15, 0.2) is 48.5 Å². The average Bonchev–Trinajstić information content (AvgIpc) is 3.44. The lowest BCUT2D eigenvalue weighted by molar-refractivity contribution is -0.127. The number of carbonyl (C=O) groups is 2. The van der Waals surface area contributed by atoms with Crippen LogP contribution < -0.4 is 10.6 Å². The summed E-state index contributed by atoms with van der Waals surface area (Å²) in [6.45, 7) is -0.101. The van der Waals surface area contributed by atoms with Gasteiger partial charge >= 0.3 is 0 Å². The van der Waals surface area contributed by atoms with Gasteiger partial charge in [-0.25, -0.2) is 8.78 Å². The minimum absolute atomic E-state index is 0.101. The maximum absolute atomic E-state index is 13.2. The molecule has 3 rings (SSSR count). The van der Waals surface area contributed by atoms with Crippen molar-refractivity contribution in [3.8, 4) is 0 Å². The van der Waals surface area contributed by atoms with Crippen LogP contribution in [0.5, 0.6) is 0 Å². The van der Waals surface area contributed by atoms with E-state index in [1.54, 1.807) is 24.3 Å². The van der Waals surface area contributed by atoms with Crippen LogP contribution in [0.2, 0.25) is 0 Å². The molecule has 2 N–H and O–H groups in total. The van der Waals surface area contributed by atoms with E-state index in [9.17, 15) is 18.4 Å². The minimum Gasteiger partial charge on any atom is -0.352 e. The number of carbonyl (C=O) groups excluding carboxylic acids is 2. The fourth-order valence-corrected chi connectivity index (χ4v) is 2.71. The monoisotopic (exact) mass is 358 g/mol. The van der Waals surface area contributed by atoms with E-state index in [1.807, 2.05) is 0 Å². The molecule has 4 nitrogen and oxygen atoms in total. The molecule has 2 aromatic rings. The minimum atomic E-state index is -0.602. The Balaban J connectivity index is 1.70. The summed E-state index contributed by atoms with van der Waals surface area (Å²) in [6, 6.07) is 11.8. The van der Waals surface area contributed by atoms with Crippen molar-refractivity contribution in [3.05, 3.63) is 71.3 Å². The maximum atomic E-state index is 13.2. The molecule has 0 spiro atoms. The highest BCUT2D eigenvalue weighted by atomic mass is 19.1. The van der Waals surface area contributed by atoms with Gasteiger partial charge in [-0.15, -0.1) is 0 Å². The third kappa shape index (κ3) is 5.12. The first-order chi connectivity index (χ1) is 12.5. The van der Waals surface area contributed by atoms with E-state index in [0.29, 0.717) is 12.0 Å². The smallest absolute Gasteiger partial charge is 0.239 e. The van der Waals surface area contributed by atoms with Crippen LogP contribution in [-0.2, 0) is 16.0 Å². The molecule has 0 bridgehead atoms. The van der Waals surface area contributed by atoms with Crippen LogP contribution >= 0.6 is 0 Å². The number of amides is 2. The summed E-state index contributed by atoms with van der Waals surface area (Å²) in [4.78, 5) is 24.4. The summed E-state index contributed by atoms with van der Waals surface area (Å²) < 4.78 is 26.3. The molecule has 0 aromatic heterocycles. The van der Waals surface area contributed by atoms with E-state index in [2.05, 4.69) is 10.6 Å². The number of hydrogen-bond donors (Lipinski definition) is 2. The van der Waals surface area contributed by atoms with E-state index >= 15 is 0 Å². The second-order valence-corrected chi connectivity index (χ2v) is 6.49. The lowest BCUT2D eigenvalue weighted by atomic mass is 9.91. The van der Waals surface area contributed by atoms with Crippen LogP contribution in [0, 0.1) is 11.6 Å². The summed E-state index contributed by atoms with van der Waals surface area (Å²) >= 11 is 0. The van der Waals surface area contributed by atoms with E-state index in [1.165, 1.54) is 24.3 Å². The fraction of sp³-hybridized carbons (Fsp3) is 0.300. The largest absolute Gasteiger partial charge is 0.352 e. The molecular weight excluding hydrogens is 338 g/mol. The van der Waals surface area contributed by atoms with Crippen molar-refractivity contribution in [2.45, 2.75) is 31.2 Å². The van der Waals surface area contributed by atoms with Crippen molar-refractivity contribution in [2.24, 2.45) is 0 Å². The number of rotatable bonds is 7. The maximum Gasteiger partial charge on any atom is 0.239 e. The molecule has 1 saturated carbocycles. The Labute approximate surface area is 150 Å². The van der Waals surface area contributed by atoms with Gasteiger partial charge in [-0.3, -0.25) is 9.59 Å². The summed E-state index contributed by atoms with van der Waals surface area (Å²) in [5.41, 5.74) is 1.41. The predicted molar refractivity (Wildman–Crippen MR) is 93.4 cm³/mol.